The van der Waals surface area contributed by atoms with Gasteiger partial charge in [0.1, 0.15) is 30.0 Å². The van der Waals surface area contributed by atoms with Crippen molar-refractivity contribution in [3.8, 4) is 11.3 Å². The lowest BCUT2D eigenvalue weighted by atomic mass is 9.90. The Bertz CT molecular complexity index is 1220. The highest BCUT2D eigenvalue weighted by molar-refractivity contribution is 6.30. The van der Waals surface area contributed by atoms with Crippen molar-refractivity contribution in [1.82, 2.24) is 30.0 Å². The van der Waals surface area contributed by atoms with Crippen LogP contribution in [0.25, 0.3) is 11.3 Å². The summed E-state index contributed by atoms with van der Waals surface area (Å²) < 4.78 is 43.3. The molecule has 3 aromatic rings. The lowest BCUT2D eigenvalue weighted by molar-refractivity contribution is -0.212. The number of rotatable bonds is 7. The normalized spacial score (nSPS) is 27.8. The van der Waals surface area contributed by atoms with Crippen molar-refractivity contribution in [2.45, 2.75) is 62.2 Å². The molecular weight excluding hydrogens is 486 g/mol. The first kappa shape index (κ1) is 24.2. The third kappa shape index (κ3) is 4.33. The molecule has 0 unspecified atom stereocenters. The Morgan fingerprint density at radius 3 is 2.63 bits per heavy atom. The number of halogens is 3. The van der Waals surface area contributed by atoms with Crippen molar-refractivity contribution in [2.75, 3.05) is 13.7 Å². The van der Waals surface area contributed by atoms with Gasteiger partial charge in [0.25, 0.3) is 0 Å². The molecule has 1 aliphatic heterocycles. The summed E-state index contributed by atoms with van der Waals surface area (Å²) >= 11 is 5.65. The summed E-state index contributed by atoms with van der Waals surface area (Å²) in [6, 6.07) is 1.68. The molecule has 2 aliphatic rings. The lowest BCUT2D eigenvalue weighted by Gasteiger charge is -2.43. The summed E-state index contributed by atoms with van der Waals surface area (Å²) in [5.74, 6) is -2.34. The molecule has 1 aromatic carbocycles. The predicted octanol–water partition coefficient (Wildman–Crippen LogP) is 1.90. The van der Waals surface area contributed by atoms with Crippen molar-refractivity contribution >= 4 is 11.6 Å². The molecule has 1 saturated heterocycles. The van der Waals surface area contributed by atoms with Gasteiger partial charge in [-0.3, -0.25) is 0 Å². The van der Waals surface area contributed by atoms with Crippen LogP contribution >= 0.6 is 11.6 Å². The fraction of sp³-hybridized carbons (Fsp3) is 0.545. The average molecular weight is 511 g/mol. The SMILES string of the molecule is CO[C@@H]1[C@@H](n2cc(-c3ccc(Cl)c(F)c3F)nn2)[C@@H](O)[C@@H](CO)O[C@@H]1Cc1cn(C2(C)CC2)nn1. The Kier molecular flexibility index (Phi) is 6.34. The van der Waals surface area contributed by atoms with Gasteiger partial charge in [0.2, 0.25) is 0 Å². The van der Waals surface area contributed by atoms with Crippen LogP contribution in [0.4, 0.5) is 8.78 Å². The lowest BCUT2D eigenvalue weighted by Crippen LogP contribution is -2.57. The monoisotopic (exact) mass is 510 g/mol. The summed E-state index contributed by atoms with van der Waals surface area (Å²) in [5, 5.41) is 37.0. The van der Waals surface area contributed by atoms with E-state index in [2.05, 4.69) is 27.5 Å². The number of ether oxygens (including phenoxy) is 2. The highest BCUT2D eigenvalue weighted by Crippen LogP contribution is 2.42. The van der Waals surface area contributed by atoms with Gasteiger partial charge >= 0.3 is 0 Å². The van der Waals surface area contributed by atoms with Gasteiger partial charge in [-0.25, -0.2) is 18.1 Å². The van der Waals surface area contributed by atoms with E-state index in [1.165, 1.54) is 30.1 Å². The molecule has 0 radical (unpaired) electrons. The second-order valence-corrected chi connectivity index (χ2v) is 9.65. The molecule has 0 amide bonds. The van der Waals surface area contributed by atoms with Crippen LogP contribution in [0.5, 0.6) is 0 Å². The summed E-state index contributed by atoms with van der Waals surface area (Å²) in [6.45, 7) is 1.65. The van der Waals surface area contributed by atoms with E-state index in [1.54, 1.807) is 0 Å². The van der Waals surface area contributed by atoms with Gasteiger partial charge in [0.15, 0.2) is 11.6 Å². The van der Waals surface area contributed by atoms with E-state index in [9.17, 15) is 19.0 Å². The molecule has 13 heteroatoms. The number of aliphatic hydroxyl groups excluding tert-OH is 2. The maximum atomic E-state index is 14.5. The topological polar surface area (TPSA) is 120 Å². The standard InChI is InChI=1S/C22H25ClF2N6O4/c1-22(5-6-22)31-8-11(26-29-31)7-15-21(34-2)19(20(33)16(10-32)35-15)30-9-14(27-28-30)12-3-4-13(23)18(25)17(12)24/h3-4,8-9,15-16,19-21,32-33H,5-7,10H2,1-2H3/t15-,16-,19+,20+,21+/m1/s1. The number of hydrogen-bond acceptors (Lipinski definition) is 8. The number of methoxy groups -OCH3 is 1. The zero-order valence-electron chi connectivity index (χ0n) is 19.1. The maximum Gasteiger partial charge on any atom is 0.178 e. The molecule has 35 heavy (non-hydrogen) atoms. The molecule has 2 aromatic heterocycles. The summed E-state index contributed by atoms with van der Waals surface area (Å²) in [6.07, 6.45) is 2.13. The molecule has 0 spiro atoms. The molecule has 2 fully saturated rings. The second-order valence-electron chi connectivity index (χ2n) is 9.24. The minimum absolute atomic E-state index is 0.0146. The summed E-state index contributed by atoms with van der Waals surface area (Å²) in [5.41, 5.74) is 0.576. The quantitative estimate of drug-likeness (QED) is 0.462. The van der Waals surface area contributed by atoms with Gasteiger partial charge in [-0.1, -0.05) is 22.0 Å². The van der Waals surface area contributed by atoms with Gasteiger partial charge in [-0.15, -0.1) is 10.2 Å². The van der Waals surface area contributed by atoms with Gasteiger partial charge in [-0.05, 0) is 31.9 Å². The second kappa shape index (κ2) is 9.17. The summed E-state index contributed by atoms with van der Waals surface area (Å²) in [7, 11) is 1.47. The molecule has 0 bridgehead atoms. The third-order valence-corrected chi connectivity index (χ3v) is 7.13. The molecule has 188 valence electrons. The van der Waals surface area contributed by atoms with E-state index in [-0.39, 0.29) is 21.8 Å². The van der Waals surface area contributed by atoms with Crippen LogP contribution < -0.4 is 0 Å². The highest BCUT2D eigenvalue weighted by atomic mass is 35.5. The number of hydrogen-bond donors (Lipinski definition) is 2. The van der Waals surface area contributed by atoms with E-state index in [1.807, 2.05) is 10.9 Å². The molecule has 2 N–H and O–H groups in total. The van der Waals surface area contributed by atoms with Crippen LogP contribution in [-0.4, -0.2) is 78.3 Å². The van der Waals surface area contributed by atoms with Crippen LogP contribution in [0.3, 0.4) is 0 Å². The number of aliphatic hydroxyl groups is 2. The van der Waals surface area contributed by atoms with E-state index >= 15 is 0 Å². The molecule has 5 atom stereocenters. The van der Waals surface area contributed by atoms with Gasteiger partial charge in [-0.2, -0.15) is 0 Å². The van der Waals surface area contributed by atoms with Gasteiger partial charge in [0.05, 0.1) is 35.2 Å². The summed E-state index contributed by atoms with van der Waals surface area (Å²) in [4.78, 5) is 0. The smallest absolute Gasteiger partial charge is 0.178 e. The van der Waals surface area contributed by atoms with Crippen molar-refractivity contribution in [3.63, 3.8) is 0 Å². The molecule has 5 rings (SSSR count). The minimum Gasteiger partial charge on any atom is -0.394 e. The Morgan fingerprint density at radius 2 is 1.94 bits per heavy atom. The van der Waals surface area contributed by atoms with E-state index < -0.39 is 48.7 Å². The zero-order valence-corrected chi connectivity index (χ0v) is 19.8. The van der Waals surface area contributed by atoms with Crippen molar-refractivity contribution < 1.29 is 28.5 Å². The Hall–Kier alpha value is -2.51. The van der Waals surface area contributed by atoms with E-state index in [0.717, 1.165) is 12.8 Å². The Morgan fingerprint density at radius 1 is 1.17 bits per heavy atom. The number of aromatic nitrogens is 6. The van der Waals surface area contributed by atoms with Gasteiger partial charge in [0, 0.05) is 25.3 Å². The first-order chi connectivity index (χ1) is 16.8. The van der Waals surface area contributed by atoms with Crippen molar-refractivity contribution in [3.05, 3.63) is 46.9 Å². The van der Waals surface area contributed by atoms with Gasteiger partial charge < -0.3 is 19.7 Å². The van der Waals surface area contributed by atoms with E-state index in [4.69, 9.17) is 21.1 Å². The molecular formula is C22H25ClF2N6O4. The predicted molar refractivity (Wildman–Crippen MR) is 119 cm³/mol. The zero-order chi connectivity index (χ0) is 24.9. The minimum atomic E-state index is -1.22. The molecule has 1 saturated carbocycles. The Balaban J connectivity index is 1.44. The fourth-order valence-electron chi connectivity index (χ4n) is 4.47. The highest BCUT2D eigenvalue weighted by Gasteiger charge is 2.47. The van der Waals surface area contributed by atoms with Crippen LogP contribution in [0.1, 0.15) is 31.5 Å². The van der Waals surface area contributed by atoms with Crippen molar-refractivity contribution in [1.29, 1.82) is 0 Å². The van der Waals surface area contributed by atoms with Crippen LogP contribution in [0.2, 0.25) is 5.02 Å². The van der Waals surface area contributed by atoms with E-state index in [0.29, 0.717) is 12.1 Å². The Labute approximate surface area is 204 Å². The van der Waals surface area contributed by atoms with Crippen LogP contribution in [0, 0.1) is 11.6 Å². The molecule has 3 heterocycles. The van der Waals surface area contributed by atoms with Crippen LogP contribution in [-0.2, 0) is 21.4 Å². The maximum absolute atomic E-state index is 14.5. The number of benzene rings is 1. The van der Waals surface area contributed by atoms with Crippen LogP contribution in [0.15, 0.2) is 24.5 Å². The first-order valence-corrected chi connectivity index (χ1v) is 11.6. The number of nitrogens with zero attached hydrogens (tertiary/aromatic N) is 6. The fourth-order valence-corrected chi connectivity index (χ4v) is 4.62. The molecule has 1 aliphatic carbocycles. The molecule has 10 nitrogen and oxygen atoms in total. The third-order valence-electron chi connectivity index (χ3n) is 6.84. The van der Waals surface area contributed by atoms with Crippen molar-refractivity contribution in [2.24, 2.45) is 0 Å². The first-order valence-electron chi connectivity index (χ1n) is 11.2. The largest absolute Gasteiger partial charge is 0.394 e. The average Bonchev–Trinajstić information content (AvgIpc) is 3.23.